The van der Waals surface area contributed by atoms with Gasteiger partial charge in [0.15, 0.2) is 0 Å². The van der Waals surface area contributed by atoms with Gasteiger partial charge in [0.2, 0.25) is 5.91 Å². The monoisotopic (exact) mass is 430 g/mol. The maximum absolute atomic E-state index is 11.6. The number of benzene rings is 1. The number of hydrogen-bond acceptors (Lipinski definition) is 5. The third-order valence-corrected chi connectivity index (χ3v) is 4.38. The third-order valence-electron chi connectivity index (χ3n) is 4.38. The minimum Gasteiger partial charge on any atom is -0.550 e. The van der Waals surface area contributed by atoms with Crippen LogP contribution >= 0.6 is 0 Å². The fraction of sp³-hybridized carbons (Fsp3) is 0.591. The molecule has 1 aromatic rings. The summed E-state index contributed by atoms with van der Waals surface area (Å²) in [6.45, 7) is 3.08. The first-order valence-electron chi connectivity index (χ1n) is 10.4. The maximum Gasteiger partial charge on any atom is 1.00 e. The molecule has 3 N–H and O–H groups in total. The van der Waals surface area contributed by atoms with Crippen LogP contribution in [-0.2, 0) is 20.8 Å². The average molecular weight is 431 g/mol. The summed E-state index contributed by atoms with van der Waals surface area (Å²) < 4.78 is 0. The Balaban J connectivity index is 0. The molecule has 0 aliphatic heterocycles. The number of carboxylic acids is 1. The third kappa shape index (κ3) is 18.6. The average Bonchev–Trinajstić information content (AvgIpc) is 2.72. The van der Waals surface area contributed by atoms with Crippen LogP contribution in [0.3, 0.4) is 0 Å². The predicted octanol–water partition coefficient (Wildman–Crippen LogP) is -0.490. The maximum atomic E-state index is 11.6. The van der Waals surface area contributed by atoms with E-state index in [1.165, 1.54) is 43.7 Å². The van der Waals surface area contributed by atoms with E-state index >= 15 is 0 Å². The summed E-state index contributed by atoms with van der Waals surface area (Å²) in [5.41, 5.74) is 2.94. The number of unbranched alkanes of at least 4 members (excludes halogenated alkanes) is 6. The van der Waals surface area contributed by atoms with Crippen molar-refractivity contribution in [3.8, 4) is 0 Å². The number of hydrogen-bond donors (Lipinski definition) is 3. The molecule has 0 unspecified atom stereocenters. The van der Waals surface area contributed by atoms with Crippen LogP contribution in [0, 0.1) is 0 Å². The second kappa shape index (κ2) is 20.8. The number of aryl methyl sites for hydroxylation is 1. The Hall–Kier alpha value is -1.41. The van der Waals surface area contributed by atoms with E-state index in [1.54, 1.807) is 6.92 Å². The molecule has 0 saturated heterocycles. The standard InChI is InChI=1S/C19H30N2O3.C3H6O2.Na/c1-16(19(23)21-24)20-18(22)15-11-6-4-2-3-5-8-12-17-13-9-7-10-14-17;1-2-3(4)5;/h7,9-10,13-14,16,24H,2-6,8,11-12,15H2,1H3,(H,20,22)(H,21,23);2H2,1H3,(H,4,5);/q;;+1/p-1/t16-;;/m1../s1. The number of hydroxylamine groups is 1. The second-order valence-electron chi connectivity index (χ2n) is 6.95. The molecule has 0 aliphatic carbocycles. The van der Waals surface area contributed by atoms with Crippen molar-refractivity contribution in [3.05, 3.63) is 35.9 Å². The molecule has 0 bridgehead atoms. The zero-order valence-corrected chi connectivity index (χ0v) is 20.6. The molecule has 1 atom stereocenters. The Kier molecular flexibility index (Phi) is 21.4. The number of carbonyl (C=O) groups excluding carboxylic acids is 3. The van der Waals surface area contributed by atoms with Gasteiger partial charge in [-0.15, -0.1) is 0 Å². The van der Waals surface area contributed by atoms with E-state index in [0.717, 1.165) is 25.7 Å². The number of nitrogens with one attached hydrogen (secondary N) is 2. The molecular weight excluding hydrogens is 395 g/mol. The van der Waals surface area contributed by atoms with Crippen LogP contribution in [0.25, 0.3) is 0 Å². The fourth-order valence-electron chi connectivity index (χ4n) is 2.62. The molecule has 0 spiro atoms. The van der Waals surface area contributed by atoms with E-state index in [1.807, 2.05) is 6.07 Å². The van der Waals surface area contributed by atoms with Crippen molar-refractivity contribution in [1.29, 1.82) is 0 Å². The van der Waals surface area contributed by atoms with Crippen LogP contribution in [0.2, 0.25) is 0 Å². The molecule has 0 fully saturated rings. The van der Waals surface area contributed by atoms with Gasteiger partial charge in [-0.3, -0.25) is 14.8 Å². The summed E-state index contributed by atoms with van der Waals surface area (Å²) in [6, 6.07) is 9.87. The Bertz CT molecular complexity index is 584. The molecule has 0 aliphatic rings. The summed E-state index contributed by atoms with van der Waals surface area (Å²) in [7, 11) is 0. The van der Waals surface area contributed by atoms with E-state index in [4.69, 9.17) is 5.21 Å². The minimum atomic E-state index is -0.995. The van der Waals surface area contributed by atoms with Gasteiger partial charge < -0.3 is 15.2 Å². The SMILES string of the molecule is CCC(=O)[O-].C[C@@H](NC(=O)CCCCCCCCCc1ccccc1)C(=O)NO.[Na+]. The fourth-order valence-corrected chi connectivity index (χ4v) is 2.62. The van der Waals surface area contributed by atoms with Crippen molar-refractivity contribution < 1.29 is 54.3 Å². The van der Waals surface area contributed by atoms with Crippen LogP contribution < -0.4 is 45.5 Å². The number of carboxylic acid groups (broad SMARTS) is 1. The molecule has 0 aromatic heterocycles. The Morgan fingerprint density at radius 2 is 1.47 bits per heavy atom. The molecule has 0 heterocycles. The topological polar surface area (TPSA) is 119 Å². The van der Waals surface area contributed by atoms with E-state index in [9.17, 15) is 19.5 Å². The van der Waals surface area contributed by atoms with Crippen molar-refractivity contribution in [3.63, 3.8) is 0 Å². The van der Waals surface area contributed by atoms with E-state index < -0.39 is 17.9 Å². The summed E-state index contributed by atoms with van der Waals surface area (Å²) in [4.78, 5) is 31.9. The second-order valence-corrected chi connectivity index (χ2v) is 6.95. The number of aliphatic carboxylic acids is 1. The molecule has 8 heteroatoms. The summed E-state index contributed by atoms with van der Waals surface area (Å²) >= 11 is 0. The zero-order chi connectivity index (χ0) is 21.9. The number of carbonyl (C=O) groups is 3. The van der Waals surface area contributed by atoms with Gasteiger partial charge in [-0.1, -0.05) is 69.4 Å². The Labute approximate surface area is 202 Å². The van der Waals surface area contributed by atoms with Crippen molar-refractivity contribution in [2.75, 3.05) is 0 Å². The first kappa shape index (κ1) is 30.8. The van der Waals surface area contributed by atoms with Gasteiger partial charge in [-0.05, 0) is 38.2 Å². The Morgan fingerprint density at radius 3 is 1.97 bits per heavy atom. The molecule has 0 radical (unpaired) electrons. The van der Waals surface area contributed by atoms with Gasteiger partial charge in [0, 0.05) is 12.4 Å². The van der Waals surface area contributed by atoms with Gasteiger partial charge in [0.05, 0.1) is 0 Å². The van der Waals surface area contributed by atoms with Crippen LogP contribution in [0.15, 0.2) is 30.3 Å². The van der Waals surface area contributed by atoms with Crippen molar-refractivity contribution >= 4 is 17.8 Å². The van der Waals surface area contributed by atoms with Crippen molar-refractivity contribution in [1.82, 2.24) is 10.8 Å². The normalized spacial score (nSPS) is 10.6. The first-order valence-corrected chi connectivity index (χ1v) is 10.4. The van der Waals surface area contributed by atoms with Crippen LogP contribution in [0.1, 0.15) is 77.2 Å². The quantitative estimate of drug-likeness (QED) is 0.169. The molecule has 0 saturated carbocycles. The molecule has 1 rings (SSSR count). The number of rotatable bonds is 13. The van der Waals surface area contributed by atoms with Gasteiger partial charge in [-0.25, -0.2) is 5.48 Å². The minimum absolute atomic E-state index is 0. The first-order chi connectivity index (χ1) is 13.9. The summed E-state index contributed by atoms with van der Waals surface area (Å²) in [5, 5.41) is 20.3. The summed E-state index contributed by atoms with van der Waals surface area (Å²) in [5.74, 6) is -1.74. The van der Waals surface area contributed by atoms with Crippen LogP contribution in [0.4, 0.5) is 0 Å². The van der Waals surface area contributed by atoms with E-state index in [0.29, 0.717) is 6.42 Å². The molecule has 164 valence electrons. The predicted molar refractivity (Wildman–Crippen MR) is 110 cm³/mol. The van der Waals surface area contributed by atoms with E-state index in [2.05, 4.69) is 29.6 Å². The smallest absolute Gasteiger partial charge is 0.550 e. The van der Waals surface area contributed by atoms with E-state index in [-0.39, 0.29) is 41.9 Å². The molecule has 7 nitrogen and oxygen atoms in total. The summed E-state index contributed by atoms with van der Waals surface area (Å²) in [6.07, 6.45) is 9.64. The molecular formula is C22H35N2NaO5. The molecule has 2 amide bonds. The van der Waals surface area contributed by atoms with Crippen LogP contribution in [0.5, 0.6) is 0 Å². The Morgan fingerprint density at radius 1 is 0.967 bits per heavy atom. The van der Waals surface area contributed by atoms with Gasteiger partial charge in [0.1, 0.15) is 6.04 Å². The van der Waals surface area contributed by atoms with Gasteiger partial charge in [0.25, 0.3) is 5.91 Å². The van der Waals surface area contributed by atoms with Crippen molar-refractivity contribution in [2.45, 2.75) is 84.1 Å². The van der Waals surface area contributed by atoms with Crippen LogP contribution in [-0.4, -0.2) is 29.0 Å². The zero-order valence-electron chi connectivity index (χ0n) is 18.6. The van der Waals surface area contributed by atoms with Crippen molar-refractivity contribution in [2.24, 2.45) is 0 Å². The van der Waals surface area contributed by atoms with Gasteiger partial charge >= 0.3 is 29.6 Å². The largest absolute Gasteiger partial charge is 1.00 e. The molecule has 30 heavy (non-hydrogen) atoms. The van der Waals surface area contributed by atoms with Gasteiger partial charge in [-0.2, -0.15) is 0 Å². The number of amides is 2. The molecule has 1 aromatic carbocycles.